The molecule has 3 aromatic carbocycles. The summed E-state index contributed by atoms with van der Waals surface area (Å²) in [5.41, 5.74) is 4.38. The average molecular weight is 467 g/mol. The molecule has 0 saturated heterocycles. The monoisotopic (exact) mass is 467 g/mol. The Balaban J connectivity index is 0.00000225. The second-order valence-corrected chi connectivity index (χ2v) is 8.37. The van der Waals surface area contributed by atoms with Crippen molar-refractivity contribution in [3.05, 3.63) is 48.5 Å². The van der Waals surface area contributed by atoms with Gasteiger partial charge in [0.25, 0.3) is 10.1 Å². The Labute approximate surface area is 216 Å². The fourth-order valence-corrected chi connectivity index (χ4v) is 3.74. The molecule has 0 heterocycles. The molecule has 3 aromatic rings. The molecule has 0 unspecified atom stereocenters. The maximum Gasteiger partial charge on any atom is 1.00 e. The molecule has 0 radical (unpaired) electrons. The van der Waals surface area contributed by atoms with Crippen molar-refractivity contribution >= 4 is 48.1 Å². The summed E-state index contributed by atoms with van der Waals surface area (Å²) >= 11 is 0. The number of hydrogen-bond acceptors (Lipinski definition) is 9. The first kappa shape index (κ1) is 27.0. The maximum atomic E-state index is 12.6. The van der Waals surface area contributed by atoms with Gasteiger partial charge in [-0.2, -0.15) is 8.42 Å². The van der Waals surface area contributed by atoms with E-state index in [0.717, 1.165) is 24.3 Å². The molecule has 0 fully saturated rings. The first-order valence-corrected chi connectivity index (χ1v) is 10.3. The Kier molecular flexibility index (Phi) is 9.03. The number of hydrogen-bond donors (Lipinski definition) is 2. The molecule has 0 aliphatic carbocycles. The molecule has 0 bridgehead atoms. The van der Waals surface area contributed by atoms with E-state index in [9.17, 15) is 31.0 Å². The van der Waals surface area contributed by atoms with Crippen LogP contribution in [0.3, 0.4) is 0 Å². The third-order valence-electron chi connectivity index (χ3n) is 3.73. The van der Waals surface area contributed by atoms with Crippen LogP contribution in [0, 0.1) is 0 Å². The molecule has 30 heavy (non-hydrogen) atoms. The second-order valence-electron chi connectivity index (χ2n) is 5.63. The molecule has 3 rings (SSSR count). The summed E-state index contributed by atoms with van der Waals surface area (Å²) in [7, 11) is -9.80. The largest absolute Gasteiger partial charge is 1.00 e. The van der Waals surface area contributed by atoms with E-state index < -0.39 is 47.2 Å². The summed E-state index contributed by atoms with van der Waals surface area (Å²) < 4.78 is 66.9. The van der Waals surface area contributed by atoms with Gasteiger partial charge in [-0.25, -0.2) is 8.42 Å². The van der Waals surface area contributed by atoms with E-state index in [1.165, 1.54) is 18.2 Å². The van der Waals surface area contributed by atoms with Crippen molar-refractivity contribution in [2.75, 3.05) is 5.73 Å². The van der Waals surface area contributed by atoms with E-state index in [1.807, 2.05) is 0 Å². The number of azo groups is 1. The van der Waals surface area contributed by atoms with Crippen molar-refractivity contribution < 1.29 is 90.2 Å². The number of nitrogen functional groups attached to an aromatic ring is 1. The number of nitrogens with two attached hydrogens (primary N) is 1. The maximum absolute atomic E-state index is 12.6. The van der Waals surface area contributed by atoms with Crippen LogP contribution in [0.4, 0.5) is 17.1 Å². The van der Waals surface area contributed by atoms with Gasteiger partial charge >= 0.3 is 59.1 Å². The minimum absolute atomic E-state index is 0. The average Bonchev–Trinajstić information content (AvgIpc) is 2.59. The van der Waals surface area contributed by atoms with Crippen molar-refractivity contribution in [3.63, 3.8) is 0 Å². The van der Waals surface area contributed by atoms with Gasteiger partial charge in [-0.3, -0.25) is 4.55 Å². The van der Waals surface area contributed by atoms with E-state index in [4.69, 9.17) is 5.73 Å². The Morgan fingerprint density at radius 1 is 0.900 bits per heavy atom. The third kappa shape index (κ3) is 5.79. The summed E-state index contributed by atoms with van der Waals surface area (Å²) in [5, 5.41) is 20.0. The topological polar surface area (TPSA) is 185 Å². The molecule has 0 aliphatic heterocycles. The first-order valence-electron chi connectivity index (χ1n) is 7.46. The van der Waals surface area contributed by atoms with Crippen LogP contribution in [0.15, 0.2) is 68.6 Å². The zero-order chi connectivity index (χ0) is 20.7. The molecule has 0 saturated carbocycles. The number of benzene rings is 3. The molecular formula is C16H11N3Na2O7S2. The van der Waals surface area contributed by atoms with Crippen LogP contribution in [-0.4, -0.2) is 25.9 Å². The van der Waals surface area contributed by atoms with Crippen LogP contribution < -0.4 is 70.0 Å². The predicted molar refractivity (Wildman–Crippen MR) is 96.2 cm³/mol. The second kappa shape index (κ2) is 10.0. The molecule has 3 N–H and O–H groups in total. The standard InChI is InChI=1S/C16H13N3O7S2.2Na/c17-10-5-6-13(27(21,22)23)12(8-10)18-19-15-14(28(24,25)26)7-9-3-1-2-4-11(9)16(15)20;;/h1-8,20H,17H2,(H,21,22,23)(H,24,25,26);;/q;2*+1/p-2. The number of fused-ring (bicyclic) bond motifs is 1. The summed E-state index contributed by atoms with van der Waals surface area (Å²) in [4.78, 5) is -1.57. The zero-order valence-corrected chi connectivity index (χ0v) is 21.4. The molecule has 0 amide bonds. The Hall–Kier alpha value is -1.06. The molecule has 0 atom stereocenters. The van der Waals surface area contributed by atoms with Crippen LogP contribution in [0.2, 0.25) is 0 Å². The minimum Gasteiger partial charge on any atom is -0.871 e. The Morgan fingerprint density at radius 2 is 1.53 bits per heavy atom. The van der Waals surface area contributed by atoms with Gasteiger partial charge in [0.05, 0.1) is 10.6 Å². The molecule has 0 spiro atoms. The van der Waals surface area contributed by atoms with E-state index in [2.05, 4.69) is 10.2 Å². The third-order valence-corrected chi connectivity index (χ3v) is 5.48. The van der Waals surface area contributed by atoms with Gasteiger partial charge in [-0.05, 0) is 35.0 Å². The van der Waals surface area contributed by atoms with E-state index in [0.29, 0.717) is 0 Å². The number of anilines is 1. The minimum atomic E-state index is -4.94. The Morgan fingerprint density at radius 3 is 2.13 bits per heavy atom. The predicted octanol–water partition coefficient (Wildman–Crippen LogP) is -3.93. The van der Waals surface area contributed by atoms with Gasteiger partial charge in [0.2, 0.25) is 0 Å². The SMILES string of the molecule is Nc1ccc(S(=O)(=O)[O-])c(N=Nc2c(S(=O)(=O)O)cc3ccccc3c2[O-])c1.[Na+].[Na+]. The van der Waals surface area contributed by atoms with Crippen LogP contribution in [-0.2, 0) is 20.2 Å². The van der Waals surface area contributed by atoms with Gasteiger partial charge in [0.15, 0.2) is 0 Å². The van der Waals surface area contributed by atoms with Crippen molar-refractivity contribution in [2.45, 2.75) is 9.79 Å². The zero-order valence-electron chi connectivity index (χ0n) is 15.8. The molecule has 146 valence electrons. The molecular weight excluding hydrogens is 456 g/mol. The first-order chi connectivity index (χ1) is 13.0. The molecule has 0 aromatic heterocycles. The van der Waals surface area contributed by atoms with E-state index in [1.54, 1.807) is 6.07 Å². The van der Waals surface area contributed by atoms with Gasteiger partial charge in [0, 0.05) is 5.69 Å². The molecule has 0 aliphatic rings. The van der Waals surface area contributed by atoms with Gasteiger partial charge in [0.1, 0.15) is 20.7 Å². The normalized spacial score (nSPS) is 11.8. The van der Waals surface area contributed by atoms with Crippen LogP contribution >= 0.6 is 0 Å². The van der Waals surface area contributed by atoms with E-state index in [-0.39, 0.29) is 75.6 Å². The van der Waals surface area contributed by atoms with Gasteiger partial charge in [-0.15, -0.1) is 10.2 Å². The van der Waals surface area contributed by atoms with Crippen LogP contribution in [0.1, 0.15) is 0 Å². The van der Waals surface area contributed by atoms with E-state index >= 15 is 0 Å². The van der Waals surface area contributed by atoms with Crippen molar-refractivity contribution in [2.24, 2.45) is 10.2 Å². The van der Waals surface area contributed by atoms with Crippen molar-refractivity contribution in [1.29, 1.82) is 0 Å². The smallest absolute Gasteiger partial charge is 0.871 e. The van der Waals surface area contributed by atoms with Crippen LogP contribution in [0.25, 0.3) is 10.8 Å². The fraction of sp³-hybridized carbons (Fsp3) is 0. The summed E-state index contributed by atoms with van der Waals surface area (Å²) in [5.74, 6) is -0.857. The quantitative estimate of drug-likeness (QED) is 0.169. The van der Waals surface area contributed by atoms with Crippen molar-refractivity contribution in [1.82, 2.24) is 0 Å². The fourth-order valence-electron chi connectivity index (χ4n) is 2.50. The van der Waals surface area contributed by atoms with Gasteiger partial charge in [-0.1, -0.05) is 30.0 Å². The summed E-state index contributed by atoms with van der Waals surface area (Å²) in [6, 6.07) is 10.1. The van der Waals surface area contributed by atoms with Gasteiger partial charge < -0.3 is 15.4 Å². The van der Waals surface area contributed by atoms with Crippen LogP contribution in [0.5, 0.6) is 5.75 Å². The molecule has 10 nitrogen and oxygen atoms in total. The number of rotatable bonds is 4. The van der Waals surface area contributed by atoms with Crippen molar-refractivity contribution in [3.8, 4) is 5.75 Å². The summed E-state index contributed by atoms with van der Waals surface area (Å²) in [6.45, 7) is 0. The number of nitrogens with zero attached hydrogens (tertiary/aromatic N) is 2. The summed E-state index contributed by atoms with van der Waals surface area (Å²) in [6.07, 6.45) is 0. The Bertz CT molecular complexity index is 1340. The molecule has 14 heteroatoms.